The Morgan fingerprint density at radius 3 is 2.50 bits per heavy atom. The van der Waals surface area contributed by atoms with Crippen LogP contribution in [0.25, 0.3) is 0 Å². The molecule has 0 saturated heterocycles. The van der Waals surface area contributed by atoms with Gasteiger partial charge in [0.25, 0.3) is 0 Å². The number of allylic oxidation sites excluding steroid dienone is 4. The average molecular weight is 279 g/mol. The highest BCUT2D eigenvalue weighted by Crippen LogP contribution is 2.06. The molecule has 0 fully saturated rings. The van der Waals surface area contributed by atoms with Crippen LogP contribution in [-0.2, 0) is 9.63 Å². The molecule has 0 spiro atoms. The summed E-state index contributed by atoms with van der Waals surface area (Å²) in [7, 11) is 0. The summed E-state index contributed by atoms with van der Waals surface area (Å²) < 4.78 is 0. The van der Waals surface area contributed by atoms with E-state index in [0.717, 1.165) is 25.7 Å². The Hall–Kier alpha value is -1.38. The van der Waals surface area contributed by atoms with Crippen LogP contribution in [0, 0.1) is 0 Å². The molecule has 0 aromatic rings. The number of rotatable bonds is 10. The molecular weight excluding hydrogens is 250 g/mol. The van der Waals surface area contributed by atoms with Gasteiger partial charge in [-0.1, -0.05) is 48.6 Å². The Morgan fingerprint density at radius 2 is 1.85 bits per heavy atom. The lowest BCUT2D eigenvalue weighted by Crippen LogP contribution is -1.99. The van der Waals surface area contributed by atoms with Crippen molar-refractivity contribution in [2.75, 3.05) is 0 Å². The zero-order chi connectivity index (χ0) is 15.2. The van der Waals surface area contributed by atoms with E-state index in [1.54, 1.807) is 6.21 Å². The molecule has 0 heterocycles. The van der Waals surface area contributed by atoms with Crippen molar-refractivity contribution in [3.63, 3.8) is 0 Å². The summed E-state index contributed by atoms with van der Waals surface area (Å²) >= 11 is 0. The normalized spacial score (nSPS) is 11.7. The quantitative estimate of drug-likeness (QED) is 0.182. The molecule has 114 valence electrons. The van der Waals surface area contributed by atoms with Crippen LogP contribution in [0.2, 0.25) is 0 Å². The third-order valence-electron chi connectivity index (χ3n) is 2.90. The number of oxime groups is 1. The lowest BCUT2D eigenvalue weighted by molar-refractivity contribution is -0.143. The van der Waals surface area contributed by atoms with Crippen LogP contribution in [0.4, 0.5) is 0 Å². The predicted molar refractivity (Wildman–Crippen MR) is 85.8 cm³/mol. The molecule has 0 N–H and O–H groups in total. The minimum Gasteiger partial charge on any atom is -0.318 e. The molecule has 0 aliphatic carbocycles. The first-order valence-corrected chi connectivity index (χ1v) is 7.58. The Bertz CT molecular complexity index is 350. The molecular formula is C17H29NO2. The van der Waals surface area contributed by atoms with Gasteiger partial charge in [-0.25, -0.2) is 4.79 Å². The first kappa shape index (κ1) is 18.6. The Balaban J connectivity index is 3.77. The molecule has 0 rings (SSSR count). The van der Waals surface area contributed by atoms with Crippen molar-refractivity contribution in [1.82, 2.24) is 0 Å². The van der Waals surface area contributed by atoms with Gasteiger partial charge in [0.15, 0.2) is 0 Å². The van der Waals surface area contributed by atoms with Crippen LogP contribution in [0.15, 0.2) is 28.5 Å². The van der Waals surface area contributed by atoms with Gasteiger partial charge in [-0.05, 0) is 46.1 Å². The molecule has 3 heteroatoms. The number of unbranched alkanes of at least 4 members (excludes halogenated alkanes) is 3. The van der Waals surface area contributed by atoms with Gasteiger partial charge >= 0.3 is 5.97 Å². The van der Waals surface area contributed by atoms with Crippen molar-refractivity contribution in [3.05, 3.63) is 23.3 Å². The van der Waals surface area contributed by atoms with Crippen LogP contribution in [0.3, 0.4) is 0 Å². The molecule has 0 amide bonds. The van der Waals surface area contributed by atoms with Gasteiger partial charge in [-0.2, -0.15) is 0 Å². The molecule has 0 atom stereocenters. The largest absolute Gasteiger partial charge is 0.335 e. The van der Waals surface area contributed by atoms with Gasteiger partial charge < -0.3 is 4.84 Å². The van der Waals surface area contributed by atoms with Crippen LogP contribution in [0.5, 0.6) is 0 Å². The van der Waals surface area contributed by atoms with Crippen LogP contribution < -0.4 is 0 Å². The van der Waals surface area contributed by atoms with Gasteiger partial charge in [0.05, 0.1) is 6.21 Å². The van der Waals surface area contributed by atoms with E-state index in [2.05, 4.69) is 38.9 Å². The number of nitrogens with zero attached hydrogens (tertiary/aromatic N) is 1. The van der Waals surface area contributed by atoms with E-state index < -0.39 is 0 Å². The Labute approximate surface area is 123 Å². The van der Waals surface area contributed by atoms with Crippen molar-refractivity contribution in [1.29, 1.82) is 0 Å². The second kappa shape index (κ2) is 12.6. The van der Waals surface area contributed by atoms with Crippen LogP contribution in [0.1, 0.15) is 72.6 Å². The summed E-state index contributed by atoms with van der Waals surface area (Å²) in [5.41, 5.74) is 2.56. The highest BCUT2D eigenvalue weighted by molar-refractivity contribution is 5.74. The SMILES string of the molecule is CCCCCCC(=O)ON=CC=C(C)CCC=C(C)C. The summed E-state index contributed by atoms with van der Waals surface area (Å²) in [5.74, 6) is -0.243. The maximum Gasteiger partial charge on any atom is 0.335 e. The van der Waals surface area contributed by atoms with E-state index in [9.17, 15) is 4.79 Å². The molecule has 0 aromatic carbocycles. The monoisotopic (exact) mass is 279 g/mol. The lowest BCUT2D eigenvalue weighted by Gasteiger charge is -1.98. The zero-order valence-corrected chi connectivity index (χ0v) is 13.4. The molecule has 0 aliphatic heterocycles. The Morgan fingerprint density at radius 1 is 1.10 bits per heavy atom. The molecule has 0 radical (unpaired) electrons. The topological polar surface area (TPSA) is 38.7 Å². The summed E-state index contributed by atoms with van der Waals surface area (Å²) in [6, 6.07) is 0. The Kier molecular flexibility index (Phi) is 11.8. The summed E-state index contributed by atoms with van der Waals surface area (Å²) in [4.78, 5) is 16.1. The van der Waals surface area contributed by atoms with Crippen molar-refractivity contribution >= 4 is 12.2 Å². The summed E-state index contributed by atoms with van der Waals surface area (Å²) in [6.45, 7) is 8.40. The van der Waals surface area contributed by atoms with Crippen molar-refractivity contribution in [3.8, 4) is 0 Å². The number of hydrogen-bond donors (Lipinski definition) is 0. The van der Waals surface area contributed by atoms with E-state index in [0.29, 0.717) is 6.42 Å². The fourth-order valence-electron chi connectivity index (χ4n) is 1.66. The molecule has 0 saturated carbocycles. The van der Waals surface area contributed by atoms with Gasteiger partial charge in [0.2, 0.25) is 0 Å². The number of carbonyl (C=O) groups excluding carboxylic acids is 1. The molecule has 0 unspecified atom stereocenters. The molecule has 0 bridgehead atoms. The van der Waals surface area contributed by atoms with Crippen molar-refractivity contribution < 1.29 is 9.63 Å². The number of hydrogen-bond acceptors (Lipinski definition) is 3. The van der Waals surface area contributed by atoms with Gasteiger partial charge in [-0.3, -0.25) is 0 Å². The van der Waals surface area contributed by atoms with Gasteiger partial charge in [0.1, 0.15) is 0 Å². The molecule has 3 nitrogen and oxygen atoms in total. The standard InChI is InChI=1S/C17H29NO2/c1-5-6-7-8-12-17(19)20-18-14-13-16(4)11-9-10-15(2)3/h10,13-14H,5-9,11-12H2,1-4H3. The lowest BCUT2D eigenvalue weighted by atomic mass is 10.1. The van der Waals surface area contributed by atoms with E-state index >= 15 is 0 Å². The summed E-state index contributed by atoms with van der Waals surface area (Å²) in [6.07, 6.45) is 12.5. The first-order valence-electron chi connectivity index (χ1n) is 7.58. The third-order valence-corrected chi connectivity index (χ3v) is 2.90. The van der Waals surface area contributed by atoms with Crippen molar-refractivity contribution in [2.24, 2.45) is 5.16 Å². The minimum absolute atomic E-state index is 0.243. The van der Waals surface area contributed by atoms with Gasteiger partial charge in [-0.15, -0.1) is 0 Å². The fourth-order valence-corrected chi connectivity index (χ4v) is 1.66. The second-order valence-electron chi connectivity index (χ2n) is 5.36. The molecule has 0 aliphatic rings. The summed E-state index contributed by atoms with van der Waals surface area (Å²) in [5, 5.41) is 3.69. The van der Waals surface area contributed by atoms with Gasteiger partial charge in [0, 0.05) is 6.42 Å². The highest BCUT2D eigenvalue weighted by Gasteiger charge is 2.00. The maximum atomic E-state index is 11.3. The maximum absolute atomic E-state index is 11.3. The van der Waals surface area contributed by atoms with Crippen molar-refractivity contribution in [2.45, 2.75) is 72.6 Å². The van der Waals surface area contributed by atoms with Crippen LogP contribution >= 0.6 is 0 Å². The van der Waals surface area contributed by atoms with E-state index in [1.165, 1.54) is 24.0 Å². The minimum atomic E-state index is -0.243. The third kappa shape index (κ3) is 13.1. The average Bonchev–Trinajstić information content (AvgIpc) is 2.39. The van der Waals surface area contributed by atoms with Crippen LogP contribution in [-0.4, -0.2) is 12.2 Å². The second-order valence-corrected chi connectivity index (χ2v) is 5.36. The fraction of sp³-hybridized carbons (Fsp3) is 0.647. The van der Waals surface area contributed by atoms with E-state index in [1.807, 2.05) is 6.08 Å². The number of carbonyl (C=O) groups is 1. The van der Waals surface area contributed by atoms with E-state index in [-0.39, 0.29) is 5.97 Å². The van der Waals surface area contributed by atoms with E-state index in [4.69, 9.17) is 4.84 Å². The highest BCUT2D eigenvalue weighted by atomic mass is 16.7. The zero-order valence-electron chi connectivity index (χ0n) is 13.4. The smallest absolute Gasteiger partial charge is 0.318 e. The molecule has 0 aromatic heterocycles. The predicted octanol–water partition coefficient (Wildman–Crippen LogP) is 5.18. The molecule has 20 heavy (non-hydrogen) atoms. The first-order chi connectivity index (χ1) is 9.56.